The van der Waals surface area contributed by atoms with Crippen LogP contribution in [-0.2, 0) is 14.3 Å². The van der Waals surface area contributed by atoms with Gasteiger partial charge in [-0.2, -0.15) is 0 Å². The summed E-state index contributed by atoms with van der Waals surface area (Å²) < 4.78 is 5.58. The fraction of sp³-hybridized carbons (Fsp3) is 0.294. The summed E-state index contributed by atoms with van der Waals surface area (Å²) in [6.45, 7) is 1.46. The van der Waals surface area contributed by atoms with E-state index in [0.717, 1.165) is 12.0 Å². The molecular formula is C17H17NO3. The van der Waals surface area contributed by atoms with E-state index < -0.39 is 5.92 Å². The van der Waals surface area contributed by atoms with E-state index >= 15 is 0 Å². The van der Waals surface area contributed by atoms with Crippen molar-refractivity contribution in [2.45, 2.75) is 32.1 Å². The molecular weight excluding hydrogens is 266 g/mol. The first-order valence-electron chi connectivity index (χ1n) is 7.09. The number of ketones is 2. The Morgan fingerprint density at radius 1 is 1.24 bits per heavy atom. The van der Waals surface area contributed by atoms with E-state index in [9.17, 15) is 9.59 Å². The molecule has 0 fully saturated rings. The Morgan fingerprint density at radius 2 is 1.95 bits per heavy atom. The zero-order chi connectivity index (χ0) is 15.0. The van der Waals surface area contributed by atoms with Crippen LogP contribution in [0.25, 0.3) is 0 Å². The van der Waals surface area contributed by atoms with Crippen LogP contribution in [-0.4, -0.2) is 11.6 Å². The Labute approximate surface area is 123 Å². The Bertz CT molecular complexity index is 671. The summed E-state index contributed by atoms with van der Waals surface area (Å²) >= 11 is 0. The van der Waals surface area contributed by atoms with Crippen LogP contribution in [0.2, 0.25) is 0 Å². The summed E-state index contributed by atoms with van der Waals surface area (Å²) in [5.41, 5.74) is 7.84. The van der Waals surface area contributed by atoms with E-state index in [0.29, 0.717) is 29.7 Å². The summed E-state index contributed by atoms with van der Waals surface area (Å²) in [5.74, 6) is 0.246. The molecule has 1 aromatic carbocycles. The first-order chi connectivity index (χ1) is 10.1. The minimum absolute atomic E-state index is 0.0522. The molecule has 1 unspecified atom stereocenters. The van der Waals surface area contributed by atoms with Gasteiger partial charge in [0.15, 0.2) is 17.4 Å². The van der Waals surface area contributed by atoms with Crippen LogP contribution in [0.4, 0.5) is 0 Å². The maximum Gasteiger partial charge on any atom is 0.198 e. The number of nitrogens with two attached hydrogens (primary N) is 1. The van der Waals surface area contributed by atoms with Crippen molar-refractivity contribution in [3.8, 4) is 0 Å². The number of carbonyl (C=O) groups is 2. The van der Waals surface area contributed by atoms with Crippen molar-refractivity contribution in [2.24, 2.45) is 5.73 Å². The minimum Gasteiger partial charge on any atom is -0.445 e. The van der Waals surface area contributed by atoms with Gasteiger partial charge in [0.25, 0.3) is 0 Å². The van der Waals surface area contributed by atoms with Gasteiger partial charge in [0.1, 0.15) is 5.76 Å². The molecule has 0 saturated carbocycles. The van der Waals surface area contributed by atoms with Gasteiger partial charge < -0.3 is 10.5 Å². The molecule has 0 aromatic heterocycles. The van der Waals surface area contributed by atoms with Crippen LogP contribution in [0.15, 0.2) is 53.1 Å². The smallest absolute Gasteiger partial charge is 0.198 e. The number of ether oxygens (including phenoxy) is 1. The fourth-order valence-corrected chi connectivity index (χ4v) is 3.09. The maximum absolute atomic E-state index is 12.4. The highest BCUT2D eigenvalue weighted by Gasteiger charge is 2.39. The lowest BCUT2D eigenvalue weighted by Crippen LogP contribution is -2.30. The molecule has 1 aliphatic heterocycles. The predicted molar refractivity (Wildman–Crippen MR) is 78.0 cm³/mol. The molecule has 0 amide bonds. The highest BCUT2D eigenvalue weighted by atomic mass is 16.5. The first kappa shape index (κ1) is 13.6. The third-order valence-corrected chi connectivity index (χ3v) is 4.00. The van der Waals surface area contributed by atoms with Crippen molar-refractivity contribution < 1.29 is 14.3 Å². The van der Waals surface area contributed by atoms with Crippen LogP contribution in [0, 0.1) is 0 Å². The standard InChI is InChI=1S/C17H17NO3/c1-10(19)14-15(11-6-3-2-4-7-11)16-12(20)8-5-9-13(16)21-17(14)18/h2-4,6-7,15H,5,8-9,18H2,1H3. The molecule has 4 nitrogen and oxygen atoms in total. The average Bonchev–Trinajstić information content (AvgIpc) is 2.46. The Morgan fingerprint density at radius 3 is 2.62 bits per heavy atom. The molecule has 1 aromatic rings. The maximum atomic E-state index is 12.4. The van der Waals surface area contributed by atoms with Gasteiger partial charge in [-0.15, -0.1) is 0 Å². The number of benzene rings is 1. The topological polar surface area (TPSA) is 69.4 Å². The quantitative estimate of drug-likeness (QED) is 0.905. The molecule has 108 valence electrons. The number of hydrogen-bond donors (Lipinski definition) is 1. The molecule has 0 bridgehead atoms. The van der Waals surface area contributed by atoms with E-state index in [-0.39, 0.29) is 17.4 Å². The molecule has 1 heterocycles. The van der Waals surface area contributed by atoms with Crippen LogP contribution < -0.4 is 5.73 Å². The predicted octanol–water partition coefficient (Wildman–Crippen LogP) is 2.57. The van der Waals surface area contributed by atoms with Gasteiger partial charge in [-0.3, -0.25) is 9.59 Å². The summed E-state index contributed by atoms with van der Waals surface area (Å²) in [4.78, 5) is 24.4. The highest BCUT2D eigenvalue weighted by Crippen LogP contribution is 2.43. The zero-order valence-electron chi connectivity index (χ0n) is 11.9. The molecule has 3 rings (SSSR count). The van der Waals surface area contributed by atoms with E-state index in [1.54, 1.807) is 0 Å². The molecule has 1 atom stereocenters. The molecule has 0 saturated heterocycles. The number of Topliss-reactive ketones (excluding diaryl/α,β-unsaturated/α-hetero) is 2. The van der Waals surface area contributed by atoms with Gasteiger partial charge in [0.2, 0.25) is 0 Å². The molecule has 4 heteroatoms. The first-order valence-corrected chi connectivity index (χ1v) is 7.09. The molecule has 2 aliphatic rings. The minimum atomic E-state index is -0.403. The van der Waals surface area contributed by atoms with Gasteiger partial charge in [0.05, 0.1) is 5.57 Å². The molecule has 1 aliphatic carbocycles. The van der Waals surface area contributed by atoms with Crippen molar-refractivity contribution in [1.82, 2.24) is 0 Å². The van der Waals surface area contributed by atoms with Gasteiger partial charge in [-0.05, 0) is 18.9 Å². The van der Waals surface area contributed by atoms with E-state index in [4.69, 9.17) is 10.5 Å². The fourth-order valence-electron chi connectivity index (χ4n) is 3.09. The number of hydrogen-bond acceptors (Lipinski definition) is 4. The molecule has 0 spiro atoms. The van der Waals surface area contributed by atoms with E-state index in [1.165, 1.54) is 6.92 Å². The molecule has 21 heavy (non-hydrogen) atoms. The zero-order valence-corrected chi connectivity index (χ0v) is 11.9. The summed E-state index contributed by atoms with van der Waals surface area (Å²) in [6.07, 6.45) is 1.95. The third-order valence-electron chi connectivity index (χ3n) is 4.00. The second kappa shape index (κ2) is 5.20. The second-order valence-electron chi connectivity index (χ2n) is 5.39. The van der Waals surface area contributed by atoms with E-state index in [2.05, 4.69) is 0 Å². The van der Waals surface area contributed by atoms with Crippen molar-refractivity contribution in [2.75, 3.05) is 0 Å². The lowest BCUT2D eigenvalue weighted by molar-refractivity contribution is -0.116. The van der Waals surface area contributed by atoms with E-state index in [1.807, 2.05) is 30.3 Å². The Balaban J connectivity index is 2.20. The SMILES string of the molecule is CC(=O)C1=C(N)OC2=C(C(=O)CCC2)C1c1ccccc1. The van der Waals surface area contributed by atoms with Crippen molar-refractivity contribution in [1.29, 1.82) is 0 Å². The van der Waals surface area contributed by atoms with Crippen molar-refractivity contribution >= 4 is 11.6 Å². The summed E-state index contributed by atoms with van der Waals surface area (Å²) in [5, 5.41) is 0. The normalized spacial score (nSPS) is 22.0. The lowest BCUT2D eigenvalue weighted by atomic mass is 9.76. The second-order valence-corrected chi connectivity index (χ2v) is 5.39. The van der Waals surface area contributed by atoms with Gasteiger partial charge in [-0.25, -0.2) is 0 Å². The van der Waals surface area contributed by atoms with Crippen molar-refractivity contribution in [3.63, 3.8) is 0 Å². The van der Waals surface area contributed by atoms with Crippen LogP contribution in [0.1, 0.15) is 37.7 Å². The average molecular weight is 283 g/mol. The van der Waals surface area contributed by atoms with Crippen LogP contribution in [0.5, 0.6) is 0 Å². The summed E-state index contributed by atoms with van der Waals surface area (Å²) in [7, 11) is 0. The summed E-state index contributed by atoms with van der Waals surface area (Å²) in [6, 6.07) is 9.53. The Kier molecular flexibility index (Phi) is 3.37. The number of carbonyl (C=O) groups excluding carboxylic acids is 2. The van der Waals surface area contributed by atoms with Crippen LogP contribution >= 0.6 is 0 Å². The van der Waals surface area contributed by atoms with Gasteiger partial charge in [0, 0.05) is 24.3 Å². The number of rotatable bonds is 2. The van der Waals surface area contributed by atoms with Crippen molar-refractivity contribution in [3.05, 3.63) is 58.7 Å². The van der Waals surface area contributed by atoms with Gasteiger partial charge in [-0.1, -0.05) is 30.3 Å². The van der Waals surface area contributed by atoms with Gasteiger partial charge >= 0.3 is 0 Å². The highest BCUT2D eigenvalue weighted by molar-refractivity contribution is 6.04. The molecule has 0 radical (unpaired) electrons. The van der Waals surface area contributed by atoms with Crippen LogP contribution in [0.3, 0.4) is 0 Å². The Hall–Kier alpha value is -2.36. The third kappa shape index (κ3) is 2.27. The molecule has 2 N–H and O–H groups in total. The number of allylic oxidation sites excluding steroid dienone is 3. The largest absolute Gasteiger partial charge is 0.445 e. The monoisotopic (exact) mass is 283 g/mol. The lowest BCUT2D eigenvalue weighted by Gasteiger charge is -2.32.